The molecule has 0 aliphatic rings. The zero-order chi connectivity index (χ0) is 21.7. The van der Waals surface area contributed by atoms with Gasteiger partial charge in [0.2, 0.25) is 0 Å². The molecular weight excluding hydrogens is 360 g/mol. The SMILES string of the molecule is Cc1cc(C)c(-c2cc(C)c(-c3ccc4c(C)c(C)c(C)cc4c3)c(C)c2)c(C)c1. The molecule has 30 heavy (non-hydrogen) atoms. The maximum atomic E-state index is 2.37. The summed E-state index contributed by atoms with van der Waals surface area (Å²) in [6.07, 6.45) is 0. The van der Waals surface area contributed by atoms with Gasteiger partial charge in [0.25, 0.3) is 0 Å². The van der Waals surface area contributed by atoms with Crippen molar-refractivity contribution in [2.75, 3.05) is 0 Å². The van der Waals surface area contributed by atoms with Crippen molar-refractivity contribution in [3.05, 3.63) is 93.0 Å². The molecule has 0 bridgehead atoms. The normalized spacial score (nSPS) is 11.3. The Balaban J connectivity index is 1.88. The zero-order valence-electron chi connectivity index (χ0n) is 19.6. The van der Waals surface area contributed by atoms with Crippen molar-refractivity contribution in [1.82, 2.24) is 0 Å². The third kappa shape index (κ3) is 3.35. The molecule has 0 N–H and O–H groups in total. The van der Waals surface area contributed by atoms with Crippen molar-refractivity contribution < 1.29 is 0 Å². The van der Waals surface area contributed by atoms with Gasteiger partial charge in [-0.05, 0) is 133 Å². The van der Waals surface area contributed by atoms with Crippen molar-refractivity contribution >= 4 is 10.8 Å². The molecule has 4 aromatic carbocycles. The zero-order valence-corrected chi connectivity index (χ0v) is 19.6. The molecule has 0 aliphatic carbocycles. The first-order valence-electron chi connectivity index (χ1n) is 10.9. The van der Waals surface area contributed by atoms with E-state index in [-0.39, 0.29) is 0 Å². The minimum Gasteiger partial charge on any atom is -0.0557 e. The van der Waals surface area contributed by atoms with E-state index in [9.17, 15) is 0 Å². The summed E-state index contributed by atoms with van der Waals surface area (Å²) in [5.74, 6) is 0. The van der Waals surface area contributed by atoms with E-state index in [1.54, 1.807) is 0 Å². The Labute approximate surface area is 181 Å². The molecule has 0 unspecified atom stereocenters. The first-order valence-corrected chi connectivity index (χ1v) is 10.9. The first-order chi connectivity index (χ1) is 14.2. The maximum Gasteiger partial charge on any atom is -0.0125 e. The molecule has 0 atom stereocenters. The second-order valence-corrected chi connectivity index (χ2v) is 9.14. The van der Waals surface area contributed by atoms with E-state index in [1.165, 1.54) is 77.5 Å². The fourth-order valence-corrected chi connectivity index (χ4v) is 5.22. The minimum absolute atomic E-state index is 1.31. The van der Waals surface area contributed by atoms with Crippen LogP contribution >= 0.6 is 0 Å². The molecule has 0 saturated heterocycles. The van der Waals surface area contributed by atoms with E-state index in [4.69, 9.17) is 0 Å². The Hall–Kier alpha value is -2.86. The average molecular weight is 393 g/mol. The predicted octanol–water partition coefficient (Wildman–Crippen LogP) is 8.64. The van der Waals surface area contributed by atoms with Gasteiger partial charge in [0.1, 0.15) is 0 Å². The van der Waals surface area contributed by atoms with Crippen LogP contribution in [0, 0.1) is 55.4 Å². The number of fused-ring (bicyclic) bond motifs is 1. The molecule has 0 heterocycles. The summed E-state index contributed by atoms with van der Waals surface area (Å²) in [5.41, 5.74) is 16.2. The lowest BCUT2D eigenvalue weighted by Crippen LogP contribution is -1.95. The highest BCUT2D eigenvalue weighted by atomic mass is 14.2. The lowest BCUT2D eigenvalue weighted by Gasteiger charge is -2.18. The van der Waals surface area contributed by atoms with Gasteiger partial charge in [-0.3, -0.25) is 0 Å². The van der Waals surface area contributed by atoms with E-state index in [1.807, 2.05) is 0 Å². The van der Waals surface area contributed by atoms with Gasteiger partial charge in [-0.15, -0.1) is 0 Å². The summed E-state index contributed by atoms with van der Waals surface area (Å²) in [6.45, 7) is 17.8. The second-order valence-electron chi connectivity index (χ2n) is 9.14. The van der Waals surface area contributed by atoms with Crippen LogP contribution in [0.2, 0.25) is 0 Å². The predicted molar refractivity (Wildman–Crippen MR) is 133 cm³/mol. The van der Waals surface area contributed by atoms with Gasteiger partial charge in [0, 0.05) is 0 Å². The summed E-state index contributed by atoms with van der Waals surface area (Å²) in [6, 6.07) is 18.6. The molecule has 0 nitrogen and oxygen atoms in total. The van der Waals surface area contributed by atoms with E-state index >= 15 is 0 Å². The molecule has 0 radical (unpaired) electrons. The van der Waals surface area contributed by atoms with Gasteiger partial charge in [-0.2, -0.15) is 0 Å². The van der Waals surface area contributed by atoms with Gasteiger partial charge in [-0.25, -0.2) is 0 Å². The summed E-state index contributed by atoms with van der Waals surface area (Å²) in [4.78, 5) is 0. The number of aryl methyl sites for hydroxylation is 7. The van der Waals surface area contributed by atoms with Gasteiger partial charge in [0.15, 0.2) is 0 Å². The van der Waals surface area contributed by atoms with Crippen LogP contribution in [0.3, 0.4) is 0 Å². The van der Waals surface area contributed by atoms with Crippen LogP contribution in [0.5, 0.6) is 0 Å². The topological polar surface area (TPSA) is 0 Å². The molecule has 0 aromatic heterocycles. The molecule has 4 rings (SSSR count). The Morgan fingerprint density at radius 3 is 1.57 bits per heavy atom. The second kappa shape index (κ2) is 7.43. The summed E-state index contributed by atoms with van der Waals surface area (Å²) in [5, 5.41) is 2.70. The van der Waals surface area contributed by atoms with E-state index in [2.05, 4.69) is 104 Å². The van der Waals surface area contributed by atoms with Crippen molar-refractivity contribution in [3.63, 3.8) is 0 Å². The fourth-order valence-electron chi connectivity index (χ4n) is 5.22. The smallest absolute Gasteiger partial charge is 0.0125 e. The highest BCUT2D eigenvalue weighted by molar-refractivity contribution is 5.92. The fraction of sp³-hybridized carbons (Fsp3) is 0.267. The number of benzene rings is 4. The minimum atomic E-state index is 1.31. The third-order valence-corrected chi connectivity index (χ3v) is 6.77. The Kier molecular flexibility index (Phi) is 5.06. The monoisotopic (exact) mass is 392 g/mol. The van der Waals surface area contributed by atoms with Crippen molar-refractivity contribution in [3.8, 4) is 22.3 Å². The Bertz CT molecular complexity index is 1260. The Morgan fingerprint density at radius 2 is 0.967 bits per heavy atom. The van der Waals surface area contributed by atoms with Crippen LogP contribution in [0.4, 0.5) is 0 Å². The molecule has 152 valence electrons. The van der Waals surface area contributed by atoms with E-state index < -0.39 is 0 Å². The molecule has 0 aliphatic heterocycles. The van der Waals surface area contributed by atoms with Gasteiger partial charge < -0.3 is 0 Å². The van der Waals surface area contributed by atoms with Crippen LogP contribution < -0.4 is 0 Å². The average Bonchev–Trinajstić information content (AvgIpc) is 2.65. The van der Waals surface area contributed by atoms with Crippen molar-refractivity contribution in [2.45, 2.75) is 55.4 Å². The summed E-state index contributed by atoms with van der Waals surface area (Å²) < 4.78 is 0. The molecular formula is C30H32. The van der Waals surface area contributed by atoms with Gasteiger partial charge in [-0.1, -0.05) is 48.0 Å². The lowest BCUT2D eigenvalue weighted by molar-refractivity contribution is 1.29. The highest BCUT2D eigenvalue weighted by Gasteiger charge is 2.13. The Morgan fingerprint density at radius 1 is 0.433 bits per heavy atom. The van der Waals surface area contributed by atoms with E-state index in [0.29, 0.717) is 0 Å². The molecule has 0 spiro atoms. The molecule has 0 saturated carbocycles. The van der Waals surface area contributed by atoms with Crippen LogP contribution in [-0.2, 0) is 0 Å². The van der Waals surface area contributed by atoms with Crippen LogP contribution in [-0.4, -0.2) is 0 Å². The van der Waals surface area contributed by atoms with E-state index in [0.717, 1.165) is 0 Å². The summed E-state index contributed by atoms with van der Waals surface area (Å²) in [7, 11) is 0. The molecule has 0 heteroatoms. The van der Waals surface area contributed by atoms with Gasteiger partial charge >= 0.3 is 0 Å². The quantitative estimate of drug-likeness (QED) is 0.320. The van der Waals surface area contributed by atoms with Crippen LogP contribution in [0.15, 0.2) is 48.5 Å². The lowest BCUT2D eigenvalue weighted by atomic mass is 9.87. The number of rotatable bonds is 2. The first kappa shape index (κ1) is 20.4. The van der Waals surface area contributed by atoms with Crippen molar-refractivity contribution in [2.24, 2.45) is 0 Å². The highest BCUT2D eigenvalue weighted by Crippen LogP contribution is 2.37. The third-order valence-electron chi connectivity index (χ3n) is 6.77. The maximum absolute atomic E-state index is 2.37. The standard InChI is InChI=1S/C30H32/c1-17-11-19(3)30(20(4)12-17)27-14-21(5)29(22(6)15-27)25-9-10-28-24(8)23(7)18(2)13-26(28)16-25/h9-16H,1-8H3. The largest absolute Gasteiger partial charge is 0.0557 e. The van der Waals surface area contributed by atoms with Crippen LogP contribution in [0.1, 0.15) is 44.5 Å². The van der Waals surface area contributed by atoms with Crippen molar-refractivity contribution in [1.29, 1.82) is 0 Å². The molecule has 0 fully saturated rings. The molecule has 0 amide bonds. The van der Waals surface area contributed by atoms with Gasteiger partial charge in [0.05, 0.1) is 0 Å². The molecule has 4 aromatic rings. The van der Waals surface area contributed by atoms with Crippen LogP contribution in [0.25, 0.3) is 33.0 Å². The summed E-state index contributed by atoms with van der Waals surface area (Å²) >= 11 is 0. The number of hydrogen-bond donors (Lipinski definition) is 0. The number of hydrogen-bond acceptors (Lipinski definition) is 0.